The molecule has 1 amide bonds. The van der Waals surface area contributed by atoms with Crippen molar-refractivity contribution in [2.75, 3.05) is 6.54 Å². The van der Waals surface area contributed by atoms with Crippen LogP contribution >= 0.6 is 0 Å². The molecule has 1 fully saturated rings. The first-order valence-electron chi connectivity index (χ1n) is 11.0. The molecular formula is C24H27F3N4O. The molecule has 0 N–H and O–H groups in total. The highest BCUT2D eigenvalue weighted by Crippen LogP contribution is 2.34. The molecule has 4 rings (SSSR count). The van der Waals surface area contributed by atoms with Crippen LogP contribution in [0.1, 0.15) is 67.3 Å². The lowest BCUT2D eigenvalue weighted by molar-refractivity contribution is -0.137. The quantitative estimate of drug-likeness (QED) is 0.478. The SMILES string of the molecule is CC(C)CN(Cc1nc2cccnc2n1C1CCCC1)C(=O)c1cccc(C(F)(F)F)c1. The lowest BCUT2D eigenvalue weighted by Gasteiger charge is -2.26. The summed E-state index contributed by atoms with van der Waals surface area (Å²) in [5, 5.41) is 0. The van der Waals surface area contributed by atoms with E-state index in [4.69, 9.17) is 4.98 Å². The highest BCUT2D eigenvalue weighted by molar-refractivity contribution is 5.94. The first-order chi connectivity index (χ1) is 15.2. The first-order valence-corrected chi connectivity index (χ1v) is 11.0. The zero-order valence-electron chi connectivity index (χ0n) is 18.3. The van der Waals surface area contributed by atoms with Gasteiger partial charge in [-0.05, 0) is 49.1 Å². The molecule has 2 heterocycles. The number of amides is 1. The molecule has 0 bridgehead atoms. The molecule has 1 aromatic carbocycles. The van der Waals surface area contributed by atoms with Gasteiger partial charge in [0.15, 0.2) is 5.65 Å². The van der Waals surface area contributed by atoms with Crippen LogP contribution in [0.15, 0.2) is 42.6 Å². The third-order valence-electron chi connectivity index (χ3n) is 5.85. The van der Waals surface area contributed by atoms with Crippen molar-refractivity contribution >= 4 is 17.1 Å². The number of carbonyl (C=O) groups is 1. The van der Waals surface area contributed by atoms with Crippen molar-refractivity contribution in [1.82, 2.24) is 19.4 Å². The van der Waals surface area contributed by atoms with Crippen LogP contribution in [0.25, 0.3) is 11.2 Å². The van der Waals surface area contributed by atoms with E-state index in [1.807, 2.05) is 26.0 Å². The van der Waals surface area contributed by atoms with Crippen molar-refractivity contribution in [2.45, 2.75) is 58.3 Å². The Morgan fingerprint density at radius 2 is 1.94 bits per heavy atom. The number of alkyl halides is 3. The van der Waals surface area contributed by atoms with Crippen molar-refractivity contribution in [3.8, 4) is 0 Å². The Morgan fingerprint density at radius 3 is 2.62 bits per heavy atom. The second kappa shape index (κ2) is 8.92. The molecule has 0 spiro atoms. The van der Waals surface area contributed by atoms with Crippen LogP contribution in [0.3, 0.4) is 0 Å². The Labute approximate surface area is 185 Å². The molecule has 3 aromatic rings. The second-order valence-corrected chi connectivity index (χ2v) is 8.84. The minimum atomic E-state index is -4.50. The molecule has 8 heteroatoms. The molecule has 1 aliphatic rings. The summed E-state index contributed by atoms with van der Waals surface area (Å²) >= 11 is 0. The summed E-state index contributed by atoms with van der Waals surface area (Å²) in [7, 11) is 0. The van der Waals surface area contributed by atoms with Gasteiger partial charge in [-0.3, -0.25) is 4.79 Å². The van der Waals surface area contributed by atoms with Crippen molar-refractivity contribution in [3.63, 3.8) is 0 Å². The van der Waals surface area contributed by atoms with Gasteiger partial charge in [0.25, 0.3) is 5.91 Å². The summed E-state index contributed by atoms with van der Waals surface area (Å²) in [6.45, 7) is 4.60. The number of halogens is 3. The minimum Gasteiger partial charge on any atom is -0.331 e. The van der Waals surface area contributed by atoms with Gasteiger partial charge in [0.2, 0.25) is 0 Å². The van der Waals surface area contributed by atoms with E-state index in [9.17, 15) is 18.0 Å². The number of hydrogen-bond donors (Lipinski definition) is 0. The van der Waals surface area contributed by atoms with E-state index in [2.05, 4.69) is 9.55 Å². The highest BCUT2D eigenvalue weighted by Gasteiger charge is 2.32. The fraction of sp³-hybridized carbons (Fsp3) is 0.458. The van der Waals surface area contributed by atoms with Crippen molar-refractivity contribution < 1.29 is 18.0 Å². The number of carbonyl (C=O) groups excluding carboxylic acids is 1. The number of imidazole rings is 1. The number of benzene rings is 1. The van der Waals surface area contributed by atoms with E-state index in [1.165, 1.54) is 12.1 Å². The number of rotatable bonds is 6. The monoisotopic (exact) mass is 444 g/mol. The lowest BCUT2D eigenvalue weighted by Crippen LogP contribution is -2.35. The molecule has 0 atom stereocenters. The van der Waals surface area contributed by atoms with Crippen LogP contribution in [-0.4, -0.2) is 31.9 Å². The molecular weight excluding hydrogens is 417 g/mol. The van der Waals surface area contributed by atoms with Gasteiger partial charge >= 0.3 is 6.18 Å². The number of pyridine rings is 1. The van der Waals surface area contributed by atoms with E-state index >= 15 is 0 Å². The standard InChI is InChI=1S/C24H27F3N4O/c1-16(2)14-30(23(32)17-7-5-8-18(13-17)24(25,26)27)15-21-29-20-11-6-12-28-22(20)31(21)19-9-3-4-10-19/h5-8,11-13,16,19H,3-4,9-10,14-15H2,1-2H3. The van der Waals surface area contributed by atoms with Gasteiger partial charge in [0.05, 0.1) is 12.1 Å². The molecule has 170 valence electrons. The van der Waals surface area contributed by atoms with Gasteiger partial charge < -0.3 is 9.47 Å². The van der Waals surface area contributed by atoms with Gasteiger partial charge in [0, 0.05) is 24.3 Å². The highest BCUT2D eigenvalue weighted by atomic mass is 19.4. The number of aromatic nitrogens is 3. The van der Waals surface area contributed by atoms with Crippen LogP contribution in [0.4, 0.5) is 13.2 Å². The first kappa shape index (κ1) is 22.3. The zero-order valence-corrected chi connectivity index (χ0v) is 18.3. The Hall–Kier alpha value is -2.90. The Bertz CT molecular complexity index is 1100. The van der Waals surface area contributed by atoms with Crippen LogP contribution < -0.4 is 0 Å². The minimum absolute atomic E-state index is 0.0297. The van der Waals surface area contributed by atoms with Gasteiger partial charge in [-0.2, -0.15) is 13.2 Å². The molecule has 0 radical (unpaired) electrons. The summed E-state index contributed by atoms with van der Waals surface area (Å²) in [4.78, 5) is 24.2. The lowest BCUT2D eigenvalue weighted by atomic mass is 10.1. The third kappa shape index (κ3) is 4.64. The normalized spacial score (nSPS) is 15.1. The fourth-order valence-corrected chi connectivity index (χ4v) is 4.48. The van der Waals surface area contributed by atoms with Crippen LogP contribution in [-0.2, 0) is 12.7 Å². The van der Waals surface area contributed by atoms with Gasteiger partial charge in [0.1, 0.15) is 11.3 Å². The molecule has 1 aliphatic carbocycles. The van der Waals surface area contributed by atoms with Crippen molar-refractivity contribution in [2.24, 2.45) is 5.92 Å². The third-order valence-corrected chi connectivity index (χ3v) is 5.85. The van der Waals surface area contributed by atoms with Gasteiger partial charge in [-0.15, -0.1) is 0 Å². The Kier molecular flexibility index (Phi) is 6.22. The smallest absolute Gasteiger partial charge is 0.331 e. The maximum Gasteiger partial charge on any atom is 0.416 e. The van der Waals surface area contributed by atoms with Gasteiger partial charge in [-0.25, -0.2) is 9.97 Å². The van der Waals surface area contributed by atoms with Gasteiger partial charge in [-0.1, -0.05) is 32.8 Å². The zero-order chi connectivity index (χ0) is 22.9. The maximum atomic E-state index is 13.3. The molecule has 0 unspecified atom stereocenters. The van der Waals surface area contributed by atoms with Crippen LogP contribution in [0.2, 0.25) is 0 Å². The molecule has 1 saturated carbocycles. The van der Waals surface area contributed by atoms with E-state index < -0.39 is 17.6 Å². The number of hydrogen-bond acceptors (Lipinski definition) is 3. The van der Waals surface area contributed by atoms with E-state index in [0.717, 1.165) is 54.8 Å². The largest absolute Gasteiger partial charge is 0.416 e. The van der Waals surface area contributed by atoms with Crippen molar-refractivity contribution in [1.29, 1.82) is 0 Å². The molecule has 32 heavy (non-hydrogen) atoms. The molecule has 2 aromatic heterocycles. The average Bonchev–Trinajstić information content (AvgIpc) is 3.39. The van der Waals surface area contributed by atoms with Crippen molar-refractivity contribution in [3.05, 3.63) is 59.5 Å². The maximum absolute atomic E-state index is 13.3. The predicted molar refractivity (Wildman–Crippen MR) is 116 cm³/mol. The number of fused-ring (bicyclic) bond motifs is 1. The van der Waals surface area contributed by atoms with Crippen LogP contribution in [0, 0.1) is 5.92 Å². The Morgan fingerprint density at radius 1 is 1.19 bits per heavy atom. The summed E-state index contributed by atoms with van der Waals surface area (Å²) in [6.07, 6.45) is 1.56. The summed E-state index contributed by atoms with van der Waals surface area (Å²) < 4.78 is 41.7. The topological polar surface area (TPSA) is 51.0 Å². The van der Waals surface area contributed by atoms with E-state index in [-0.39, 0.29) is 24.1 Å². The summed E-state index contributed by atoms with van der Waals surface area (Å²) in [5.74, 6) is 0.446. The average molecular weight is 445 g/mol. The van der Waals surface area contributed by atoms with E-state index in [1.54, 1.807) is 11.1 Å². The van der Waals surface area contributed by atoms with E-state index in [0.29, 0.717) is 6.54 Å². The summed E-state index contributed by atoms with van der Waals surface area (Å²) in [6, 6.07) is 8.63. The molecule has 0 aliphatic heterocycles. The summed E-state index contributed by atoms with van der Waals surface area (Å²) in [5.41, 5.74) is 0.771. The van der Waals surface area contributed by atoms with Crippen LogP contribution in [0.5, 0.6) is 0 Å². The predicted octanol–water partition coefficient (Wildman–Crippen LogP) is 5.86. The second-order valence-electron chi connectivity index (χ2n) is 8.84. The Balaban J connectivity index is 1.70. The number of nitrogens with zero attached hydrogens (tertiary/aromatic N) is 4. The fourth-order valence-electron chi connectivity index (χ4n) is 4.48. The molecule has 5 nitrogen and oxygen atoms in total. The molecule has 0 saturated heterocycles.